The SMILES string of the molecule is Cc1cccc(C)c1C(=O)OBr. The highest BCUT2D eigenvalue weighted by atomic mass is 79.9. The maximum atomic E-state index is 11.2. The largest absolute Gasteiger partial charge is 0.380 e. The van der Waals surface area contributed by atoms with Crippen molar-refractivity contribution in [1.82, 2.24) is 0 Å². The number of benzene rings is 1. The van der Waals surface area contributed by atoms with Crippen LogP contribution in [0, 0.1) is 13.8 Å². The number of hydrogen-bond donors (Lipinski definition) is 0. The van der Waals surface area contributed by atoms with Gasteiger partial charge in [-0.3, -0.25) is 0 Å². The van der Waals surface area contributed by atoms with Crippen LogP contribution < -0.4 is 0 Å². The van der Waals surface area contributed by atoms with Crippen molar-refractivity contribution < 1.29 is 8.62 Å². The zero-order valence-corrected chi connectivity index (χ0v) is 8.51. The van der Waals surface area contributed by atoms with E-state index in [4.69, 9.17) is 0 Å². The summed E-state index contributed by atoms with van der Waals surface area (Å²) in [6, 6.07) is 5.67. The standard InChI is InChI=1S/C9H9BrO2/c1-6-4-3-5-7(2)8(6)9(11)12-10/h3-5H,1-2H3. The Morgan fingerprint density at radius 1 is 1.33 bits per heavy atom. The molecule has 2 nitrogen and oxygen atoms in total. The third-order valence-electron chi connectivity index (χ3n) is 1.76. The summed E-state index contributed by atoms with van der Waals surface area (Å²) in [5.41, 5.74) is 2.49. The molecule has 0 fully saturated rings. The number of carbonyl (C=O) groups is 1. The molecular weight excluding hydrogens is 220 g/mol. The van der Waals surface area contributed by atoms with E-state index >= 15 is 0 Å². The minimum absolute atomic E-state index is 0.342. The summed E-state index contributed by atoms with van der Waals surface area (Å²) in [5.74, 6) is -0.342. The Morgan fingerprint density at radius 3 is 2.25 bits per heavy atom. The van der Waals surface area contributed by atoms with Gasteiger partial charge in [-0.25, -0.2) is 4.79 Å². The fourth-order valence-corrected chi connectivity index (χ4v) is 1.34. The van der Waals surface area contributed by atoms with E-state index in [9.17, 15) is 4.79 Å². The van der Waals surface area contributed by atoms with Gasteiger partial charge < -0.3 is 3.83 Å². The quantitative estimate of drug-likeness (QED) is 0.740. The van der Waals surface area contributed by atoms with Gasteiger partial charge in [-0.05, 0) is 25.0 Å². The van der Waals surface area contributed by atoms with Crippen molar-refractivity contribution in [1.29, 1.82) is 0 Å². The average molecular weight is 229 g/mol. The van der Waals surface area contributed by atoms with Crippen molar-refractivity contribution in [3.8, 4) is 0 Å². The molecule has 0 heterocycles. The second-order valence-corrected chi connectivity index (χ2v) is 2.96. The van der Waals surface area contributed by atoms with E-state index < -0.39 is 0 Å². The molecule has 0 aliphatic rings. The fraction of sp³-hybridized carbons (Fsp3) is 0.222. The lowest BCUT2D eigenvalue weighted by Crippen LogP contribution is -2.03. The van der Waals surface area contributed by atoms with Crippen LogP contribution in [0.2, 0.25) is 0 Å². The molecule has 0 amide bonds. The molecule has 0 unspecified atom stereocenters. The summed E-state index contributed by atoms with van der Waals surface area (Å²) in [6.07, 6.45) is 0. The number of halogens is 1. The van der Waals surface area contributed by atoms with Crippen molar-refractivity contribution in [2.75, 3.05) is 0 Å². The van der Waals surface area contributed by atoms with Gasteiger partial charge >= 0.3 is 5.97 Å². The highest BCUT2D eigenvalue weighted by Gasteiger charge is 2.11. The van der Waals surface area contributed by atoms with Gasteiger partial charge in [0.1, 0.15) is 0 Å². The highest BCUT2D eigenvalue weighted by molar-refractivity contribution is 9.06. The van der Waals surface area contributed by atoms with Crippen LogP contribution in [0.15, 0.2) is 18.2 Å². The third-order valence-corrected chi connectivity index (χ3v) is 2.05. The lowest BCUT2D eigenvalue weighted by Gasteiger charge is -2.04. The van der Waals surface area contributed by atoms with Crippen LogP contribution in [-0.4, -0.2) is 5.97 Å². The van der Waals surface area contributed by atoms with Crippen LogP contribution in [0.25, 0.3) is 0 Å². The van der Waals surface area contributed by atoms with E-state index in [1.165, 1.54) is 0 Å². The van der Waals surface area contributed by atoms with Crippen LogP contribution in [0.3, 0.4) is 0 Å². The molecule has 0 aliphatic heterocycles. The lowest BCUT2D eigenvalue weighted by molar-refractivity contribution is 0.0780. The van der Waals surface area contributed by atoms with E-state index in [0.717, 1.165) is 11.1 Å². The molecule has 12 heavy (non-hydrogen) atoms. The smallest absolute Gasteiger partial charge is 0.350 e. The van der Waals surface area contributed by atoms with Gasteiger partial charge in [0.15, 0.2) is 16.3 Å². The molecular formula is C9H9BrO2. The Labute approximate surface area is 80.0 Å². The molecule has 0 radical (unpaired) electrons. The fourth-order valence-electron chi connectivity index (χ4n) is 1.18. The second kappa shape index (κ2) is 3.72. The van der Waals surface area contributed by atoms with Crippen LogP contribution in [-0.2, 0) is 3.83 Å². The molecule has 3 heteroatoms. The average Bonchev–Trinajstić information content (AvgIpc) is 2.03. The molecule has 1 aromatic carbocycles. The van der Waals surface area contributed by atoms with Crippen molar-refractivity contribution in [2.24, 2.45) is 0 Å². The Balaban J connectivity index is 3.21. The van der Waals surface area contributed by atoms with Gasteiger partial charge in [-0.15, -0.1) is 0 Å². The normalized spacial score (nSPS) is 9.58. The molecule has 0 bridgehead atoms. The Kier molecular flexibility index (Phi) is 2.87. The minimum Gasteiger partial charge on any atom is -0.380 e. The topological polar surface area (TPSA) is 26.3 Å². The molecule has 0 aliphatic carbocycles. The first kappa shape index (κ1) is 9.26. The number of carbonyl (C=O) groups excluding carboxylic acids is 1. The predicted molar refractivity (Wildman–Crippen MR) is 50.3 cm³/mol. The van der Waals surface area contributed by atoms with Crippen LogP contribution in [0.1, 0.15) is 21.5 Å². The van der Waals surface area contributed by atoms with Crippen molar-refractivity contribution in [2.45, 2.75) is 13.8 Å². The van der Waals surface area contributed by atoms with Crippen LogP contribution in [0.5, 0.6) is 0 Å². The lowest BCUT2D eigenvalue weighted by atomic mass is 10.0. The van der Waals surface area contributed by atoms with Gasteiger partial charge in [0, 0.05) is 0 Å². The van der Waals surface area contributed by atoms with Gasteiger partial charge in [-0.1, -0.05) is 18.2 Å². The molecule has 0 saturated heterocycles. The van der Waals surface area contributed by atoms with E-state index in [0.29, 0.717) is 5.56 Å². The maximum absolute atomic E-state index is 11.2. The van der Waals surface area contributed by atoms with Crippen molar-refractivity contribution in [3.05, 3.63) is 34.9 Å². The maximum Gasteiger partial charge on any atom is 0.350 e. The first-order valence-electron chi connectivity index (χ1n) is 3.56. The molecule has 1 rings (SSSR count). The minimum atomic E-state index is -0.342. The molecule has 0 atom stereocenters. The third kappa shape index (κ3) is 1.67. The Hall–Kier alpha value is -0.830. The van der Waals surface area contributed by atoms with Crippen molar-refractivity contribution >= 4 is 22.2 Å². The summed E-state index contributed by atoms with van der Waals surface area (Å²) in [6.45, 7) is 3.76. The molecule has 0 saturated carbocycles. The Bertz CT molecular complexity index is 287. The first-order chi connectivity index (χ1) is 5.66. The molecule has 0 spiro atoms. The van der Waals surface area contributed by atoms with Crippen LogP contribution >= 0.6 is 16.3 Å². The van der Waals surface area contributed by atoms with E-state index in [1.54, 1.807) is 0 Å². The molecule has 0 N–H and O–H groups in total. The summed E-state index contributed by atoms with van der Waals surface area (Å²) < 4.78 is 4.47. The Morgan fingerprint density at radius 2 is 1.83 bits per heavy atom. The predicted octanol–water partition coefficient (Wildman–Crippen LogP) is 2.77. The van der Waals surface area contributed by atoms with E-state index in [1.807, 2.05) is 32.0 Å². The van der Waals surface area contributed by atoms with E-state index in [-0.39, 0.29) is 5.97 Å². The van der Waals surface area contributed by atoms with E-state index in [2.05, 4.69) is 20.1 Å². The molecule has 64 valence electrons. The molecule has 1 aromatic rings. The van der Waals surface area contributed by atoms with Crippen molar-refractivity contribution in [3.63, 3.8) is 0 Å². The summed E-state index contributed by atoms with van der Waals surface area (Å²) in [5, 5.41) is 0. The number of hydrogen-bond acceptors (Lipinski definition) is 2. The summed E-state index contributed by atoms with van der Waals surface area (Å²) >= 11 is 2.67. The molecule has 0 aromatic heterocycles. The zero-order valence-electron chi connectivity index (χ0n) is 6.93. The highest BCUT2D eigenvalue weighted by Crippen LogP contribution is 2.15. The summed E-state index contributed by atoms with van der Waals surface area (Å²) in [4.78, 5) is 11.2. The monoisotopic (exact) mass is 228 g/mol. The van der Waals surface area contributed by atoms with Gasteiger partial charge in [0.25, 0.3) is 0 Å². The summed E-state index contributed by atoms with van der Waals surface area (Å²) in [7, 11) is 0. The van der Waals surface area contributed by atoms with Gasteiger partial charge in [0.05, 0.1) is 5.56 Å². The number of aryl methyl sites for hydroxylation is 2. The van der Waals surface area contributed by atoms with Gasteiger partial charge in [0.2, 0.25) is 0 Å². The number of rotatable bonds is 1. The first-order valence-corrected chi connectivity index (χ1v) is 4.20. The second-order valence-electron chi connectivity index (χ2n) is 2.63. The zero-order chi connectivity index (χ0) is 9.14. The van der Waals surface area contributed by atoms with Gasteiger partial charge in [-0.2, -0.15) is 0 Å². The van der Waals surface area contributed by atoms with Crippen LogP contribution in [0.4, 0.5) is 0 Å².